The first-order valence-corrected chi connectivity index (χ1v) is 8.69. The predicted octanol–water partition coefficient (Wildman–Crippen LogP) is 2.77. The van der Waals surface area contributed by atoms with Crippen molar-refractivity contribution in [2.45, 2.75) is 4.90 Å². The maximum Gasteiger partial charge on any atom is 0.267 e. The molecule has 0 aliphatic rings. The van der Waals surface area contributed by atoms with Gasteiger partial charge in [0.15, 0.2) is 0 Å². The molecule has 0 unspecified atom stereocenters. The summed E-state index contributed by atoms with van der Waals surface area (Å²) in [5, 5.41) is 8.42. The van der Waals surface area contributed by atoms with Crippen LogP contribution < -0.4 is 10.2 Å². The van der Waals surface area contributed by atoms with E-state index in [1.165, 1.54) is 23.7 Å². The van der Waals surface area contributed by atoms with Gasteiger partial charge >= 0.3 is 0 Å². The summed E-state index contributed by atoms with van der Waals surface area (Å²) in [6, 6.07) is 12.9. The number of nitrogens with one attached hydrogen (secondary N) is 2. The van der Waals surface area contributed by atoms with Crippen molar-refractivity contribution in [2.24, 2.45) is 0 Å². The molecule has 2 rings (SSSR count). The van der Waals surface area contributed by atoms with E-state index < -0.39 is 15.9 Å². The second-order valence-electron chi connectivity index (χ2n) is 4.50. The van der Waals surface area contributed by atoms with Gasteiger partial charge in [-0.2, -0.15) is 0 Å². The summed E-state index contributed by atoms with van der Waals surface area (Å²) in [7, 11) is -3.75. The Morgan fingerprint density at radius 2 is 1.87 bits per heavy atom. The molecule has 23 heavy (non-hydrogen) atoms. The first-order valence-electron chi connectivity index (χ1n) is 6.41. The number of hydroxylamine groups is 1. The number of hydrogen-bond acceptors (Lipinski definition) is 4. The van der Waals surface area contributed by atoms with Crippen molar-refractivity contribution in [2.75, 3.05) is 4.72 Å². The summed E-state index contributed by atoms with van der Waals surface area (Å²) in [4.78, 5) is 11.0. The van der Waals surface area contributed by atoms with Gasteiger partial charge in [0.25, 0.3) is 15.9 Å². The Morgan fingerprint density at radius 3 is 2.57 bits per heavy atom. The standard InChI is InChI=1S/C15H13BrN2O4S/c16-12-4-2-5-13(10-12)18-23(21,22)14-6-1-3-11(9-14)7-8-15(19)17-20/h1-10,18,20H,(H,17,19)/b8-7+. The summed E-state index contributed by atoms with van der Waals surface area (Å²) in [5.74, 6) is -0.703. The van der Waals surface area contributed by atoms with Crippen molar-refractivity contribution in [1.82, 2.24) is 5.48 Å². The molecule has 0 heterocycles. The molecule has 0 bridgehead atoms. The number of hydrogen-bond donors (Lipinski definition) is 3. The second-order valence-corrected chi connectivity index (χ2v) is 7.10. The second kappa shape index (κ2) is 7.40. The van der Waals surface area contributed by atoms with Gasteiger partial charge in [0.05, 0.1) is 4.90 Å². The van der Waals surface area contributed by atoms with Gasteiger partial charge in [-0.25, -0.2) is 13.9 Å². The highest BCUT2D eigenvalue weighted by atomic mass is 79.9. The maximum atomic E-state index is 12.4. The van der Waals surface area contributed by atoms with Crippen LogP contribution in [0.3, 0.4) is 0 Å². The van der Waals surface area contributed by atoms with E-state index >= 15 is 0 Å². The van der Waals surface area contributed by atoms with Gasteiger partial charge in [0.1, 0.15) is 0 Å². The van der Waals surface area contributed by atoms with Gasteiger partial charge in [-0.3, -0.25) is 14.7 Å². The first-order chi connectivity index (χ1) is 10.9. The van der Waals surface area contributed by atoms with Crippen LogP contribution in [-0.4, -0.2) is 19.5 Å². The minimum absolute atomic E-state index is 0.0593. The van der Waals surface area contributed by atoms with E-state index in [0.29, 0.717) is 11.3 Å². The highest BCUT2D eigenvalue weighted by Gasteiger charge is 2.14. The molecule has 6 nitrogen and oxygen atoms in total. The van der Waals surface area contributed by atoms with E-state index in [1.54, 1.807) is 36.4 Å². The van der Waals surface area contributed by atoms with Crippen molar-refractivity contribution in [3.8, 4) is 0 Å². The molecule has 3 N–H and O–H groups in total. The van der Waals surface area contributed by atoms with Crippen LogP contribution in [0.1, 0.15) is 5.56 Å². The van der Waals surface area contributed by atoms with Crippen LogP contribution in [0.5, 0.6) is 0 Å². The highest BCUT2D eigenvalue weighted by molar-refractivity contribution is 9.10. The Labute approximate surface area is 142 Å². The summed E-state index contributed by atoms with van der Waals surface area (Å²) >= 11 is 3.28. The molecular weight excluding hydrogens is 384 g/mol. The van der Waals surface area contributed by atoms with Crippen LogP contribution in [0.4, 0.5) is 5.69 Å². The van der Waals surface area contributed by atoms with Crippen molar-refractivity contribution >= 4 is 43.6 Å². The Kier molecular flexibility index (Phi) is 5.54. The molecule has 0 aromatic heterocycles. The molecule has 2 aromatic carbocycles. The Bertz CT molecular complexity index is 850. The molecule has 0 atom stereocenters. The molecule has 0 saturated carbocycles. The molecule has 0 spiro atoms. The molecule has 2 aromatic rings. The van der Waals surface area contributed by atoms with Crippen LogP contribution >= 0.6 is 15.9 Å². The van der Waals surface area contributed by atoms with Crippen molar-refractivity contribution < 1.29 is 18.4 Å². The molecule has 0 aliphatic carbocycles. The van der Waals surface area contributed by atoms with Gasteiger partial charge in [0, 0.05) is 16.2 Å². The van der Waals surface area contributed by atoms with Gasteiger partial charge in [-0.1, -0.05) is 34.1 Å². The third kappa shape index (κ3) is 4.92. The Hall–Kier alpha value is -2.16. The third-order valence-electron chi connectivity index (χ3n) is 2.78. The molecular formula is C15H13BrN2O4S. The maximum absolute atomic E-state index is 12.4. The van der Waals surface area contributed by atoms with E-state index in [0.717, 1.165) is 10.5 Å². The zero-order chi connectivity index (χ0) is 16.9. The number of rotatable bonds is 5. The minimum Gasteiger partial charge on any atom is -0.288 e. The van der Waals surface area contributed by atoms with Crippen LogP contribution in [0.2, 0.25) is 0 Å². The fraction of sp³-hybridized carbons (Fsp3) is 0. The number of carbonyl (C=O) groups excluding carboxylic acids is 1. The van der Waals surface area contributed by atoms with E-state index in [9.17, 15) is 13.2 Å². The summed E-state index contributed by atoms with van der Waals surface area (Å²) in [6.45, 7) is 0. The lowest BCUT2D eigenvalue weighted by molar-refractivity contribution is -0.124. The number of carbonyl (C=O) groups is 1. The summed E-state index contributed by atoms with van der Waals surface area (Å²) in [6.07, 6.45) is 2.48. The van der Waals surface area contributed by atoms with Gasteiger partial charge < -0.3 is 0 Å². The Balaban J connectivity index is 2.26. The molecule has 0 fully saturated rings. The quantitative estimate of drug-likeness (QED) is 0.411. The van der Waals surface area contributed by atoms with E-state index in [1.807, 2.05) is 0 Å². The number of halogens is 1. The zero-order valence-electron chi connectivity index (χ0n) is 11.7. The normalized spacial score (nSPS) is 11.4. The topological polar surface area (TPSA) is 95.5 Å². The number of sulfonamides is 1. The van der Waals surface area contributed by atoms with E-state index in [4.69, 9.17) is 5.21 Å². The smallest absolute Gasteiger partial charge is 0.267 e. The summed E-state index contributed by atoms with van der Waals surface area (Å²) < 4.78 is 28.0. The van der Waals surface area contributed by atoms with Gasteiger partial charge in [0.2, 0.25) is 0 Å². The third-order valence-corrected chi connectivity index (χ3v) is 4.65. The number of anilines is 1. The average Bonchev–Trinajstić information content (AvgIpc) is 2.52. The summed E-state index contributed by atoms with van der Waals surface area (Å²) in [5.41, 5.74) is 2.39. The molecule has 1 amide bonds. The molecule has 8 heteroatoms. The molecule has 0 aliphatic heterocycles. The van der Waals surface area contributed by atoms with E-state index in [-0.39, 0.29) is 4.90 Å². The van der Waals surface area contributed by atoms with Gasteiger partial charge in [-0.05, 0) is 42.0 Å². The number of benzene rings is 2. The lowest BCUT2D eigenvalue weighted by Gasteiger charge is -2.09. The van der Waals surface area contributed by atoms with E-state index in [2.05, 4.69) is 20.7 Å². The number of amides is 1. The lowest BCUT2D eigenvalue weighted by atomic mass is 10.2. The Morgan fingerprint density at radius 1 is 1.13 bits per heavy atom. The first kappa shape index (κ1) is 17.2. The fourth-order valence-corrected chi connectivity index (χ4v) is 3.26. The molecule has 0 radical (unpaired) electrons. The lowest BCUT2D eigenvalue weighted by Crippen LogP contribution is -2.15. The van der Waals surface area contributed by atoms with Crippen LogP contribution in [0.25, 0.3) is 6.08 Å². The molecule has 120 valence electrons. The molecule has 0 saturated heterocycles. The van der Waals surface area contributed by atoms with Crippen molar-refractivity contribution in [3.63, 3.8) is 0 Å². The largest absolute Gasteiger partial charge is 0.288 e. The fourth-order valence-electron chi connectivity index (χ4n) is 1.76. The van der Waals surface area contributed by atoms with Crippen LogP contribution in [-0.2, 0) is 14.8 Å². The highest BCUT2D eigenvalue weighted by Crippen LogP contribution is 2.20. The predicted molar refractivity (Wildman–Crippen MR) is 90.4 cm³/mol. The van der Waals surface area contributed by atoms with Crippen molar-refractivity contribution in [1.29, 1.82) is 0 Å². The average molecular weight is 397 g/mol. The zero-order valence-corrected chi connectivity index (χ0v) is 14.1. The monoisotopic (exact) mass is 396 g/mol. The SMILES string of the molecule is O=C(/C=C/c1cccc(S(=O)(=O)Nc2cccc(Br)c2)c1)NO. The van der Waals surface area contributed by atoms with Crippen LogP contribution in [0.15, 0.2) is 64.0 Å². The van der Waals surface area contributed by atoms with Crippen molar-refractivity contribution in [3.05, 3.63) is 64.6 Å². The van der Waals surface area contributed by atoms with Gasteiger partial charge in [-0.15, -0.1) is 0 Å². The van der Waals surface area contributed by atoms with Crippen LogP contribution in [0, 0.1) is 0 Å². The minimum atomic E-state index is -3.75.